The van der Waals surface area contributed by atoms with Crippen molar-refractivity contribution < 1.29 is 4.21 Å². The molecule has 2 nitrogen and oxygen atoms in total. The van der Waals surface area contributed by atoms with Crippen molar-refractivity contribution in [3.63, 3.8) is 0 Å². The second kappa shape index (κ2) is 11.2. The van der Waals surface area contributed by atoms with Gasteiger partial charge in [0.05, 0.1) is 15.7 Å². The molecule has 0 amide bonds. The van der Waals surface area contributed by atoms with Crippen LogP contribution in [-0.2, 0) is 17.4 Å². The molecule has 0 saturated carbocycles. The van der Waals surface area contributed by atoms with Gasteiger partial charge in [0.2, 0.25) is 0 Å². The van der Waals surface area contributed by atoms with Crippen molar-refractivity contribution >= 4 is 29.4 Å². The zero-order valence-electron chi connectivity index (χ0n) is 19.9. The quantitative estimate of drug-likeness (QED) is 0.409. The molecule has 4 heteroatoms. The van der Waals surface area contributed by atoms with Gasteiger partial charge in [-0.2, -0.15) is 0 Å². The highest BCUT2D eigenvalue weighted by Gasteiger charge is 2.45. The number of benzene rings is 3. The van der Waals surface area contributed by atoms with Gasteiger partial charge in [0.15, 0.2) is 0 Å². The van der Waals surface area contributed by atoms with Crippen molar-refractivity contribution in [2.75, 3.05) is 0 Å². The summed E-state index contributed by atoms with van der Waals surface area (Å²) in [4.78, 5) is 0. The van der Waals surface area contributed by atoms with E-state index in [4.69, 9.17) is 0 Å². The van der Waals surface area contributed by atoms with Gasteiger partial charge < -0.3 is 0 Å². The average Bonchev–Trinajstić information content (AvgIpc) is 2.81. The van der Waals surface area contributed by atoms with Crippen LogP contribution in [-0.4, -0.2) is 22.7 Å². The van der Waals surface area contributed by atoms with E-state index in [-0.39, 0.29) is 10.4 Å². The maximum atomic E-state index is 13.4. The minimum Gasteiger partial charge on any atom is -0.242 e. The Labute approximate surface area is 198 Å². The van der Waals surface area contributed by atoms with Crippen LogP contribution in [0, 0.1) is 0 Å². The number of hydrogen-bond donors (Lipinski definition) is 1. The fraction of sp³-hybridized carbons (Fsp3) is 0.357. The van der Waals surface area contributed by atoms with Crippen LogP contribution in [0.4, 0.5) is 0 Å². The average molecular weight is 464 g/mol. The lowest BCUT2D eigenvalue weighted by atomic mass is 10.2. The van der Waals surface area contributed by atoms with Crippen molar-refractivity contribution in [3.05, 3.63) is 96.6 Å². The molecule has 0 aliphatic heterocycles. The van der Waals surface area contributed by atoms with E-state index < -0.39 is 19.1 Å². The van der Waals surface area contributed by atoms with Crippen LogP contribution in [0.1, 0.15) is 46.1 Å². The number of rotatable bonds is 10. The highest BCUT2D eigenvalue weighted by molar-refractivity contribution is 7.84. The molecule has 0 aliphatic rings. The van der Waals surface area contributed by atoms with Gasteiger partial charge in [-0.3, -0.25) is 0 Å². The molecule has 0 fully saturated rings. The normalized spacial score (nSPS) is 14.1. The van der Waals surface area contributed by atoms with E-state index in [9.17, 15) is 4.21 Å². The van der Waals surface area contributed by atoms with Crippen molar-refractivity contribution in [2.45, 2.75) is 63.4 Å². The molecule has 3 rings (SSSR count). The Morgan fingerprint density at radius 3 is 1.72 bits per heavy atom. The molecule has 1 unspecified atom stereocenters. The second-order valence-corrected chi connectivity index (χ2v) is 15.8. The standard InChI is InChI=1S/C28H37NOSSi/c1-5-15-27(29-31(30)28(2,3)4)32(25-18-11-7-12-19-25,26-20-13-8-14-21-26)23-22-24-16-9-6-10-17-24/h6-14,16-21,27,29H,5,15,22-23H2,1-4H3/t27-,31?/m1/s1. The summed E-state index contributed by atoms with van der Waals surface area (Å²) >= 11 is 0. The molecule has 3 aromatic rings. The van der Waals surface area contributed by atoms with Gasteiger partial charge in [0.1, 0.15) is 8.07 Å². The third-order valence-corrected chi connectivity index (χ3v) is 13.4. The molecular weight excluding hydrogens is 426 g/mol. The maximum Gasteiger partial charge on any atom is 0.136 e. The van der Waals surface area contributed by atoms with E-state index in [2.05, 4.69) is 123 Å². The first-order chi connectivity index (χ1) is 15.4. The number of hydrogen-bond acceptors (Lipinski definition) is 1. The van der Waals surface area contributed by atoms with Crippen molar-refractivity contribution in [1.82, 2.24) is 4.72 Å². The van der Waals surface area contributed by atoms with Crippen LogP contribution in [0.25, 0.3) is 0 Å². The first kappa shape index (κ1) is 24.6. The monoisotopic (exact) mass is 463 g/mol. The van der Waals surface area contributed by atoms with Crippen molar-refractivity contribution in [3.8, 4) is 0 Å². The number of nitrogens with one attached hydrogen (secondary N) is 1. The summed E-state index contributed by atoms with van der Waals surface area (Å²) in [5.74, 6) is 0. The van der Waals surface area contributed by atoms with Gasteiger partial charge in [0.25, 0.3) is 0 Å². The summed E-state index contributed by atoms with van der Waals surface area (Å²) in [7, 11) is -3.45. The third kappa shape index (κ3) is 5.86. The summed E-state index contributed by atoms with van der Waals surface area (Å²) in [6, 6.07) is 33.9. The highest BCUT2D eigenvalue weighted by Crippen LogP contribution is 2.24. The third-order valence-electron chi connectivity index (χ3n) is 6.21. The Morgan fingerprint density at radius 2 is 1.28 bits per heavy atom. The maximum absolute atomic E-state index is 13.4. The molecule has 0 heterocycles. The summed E-state index contributed by atoms with van der Waals surface area (Å²) in [6.45, 7) is 8.40. The first-order valence-corrected chi connectivity index (χ1v) is 15.1. The lowest BCUT2D eigenvalue weighted by Crippen LogP contribution is -2.71. The Bertz CT molecular complexity index is 931. The Hall–Kier alpha value is -2.01. The SMILES string of the molecule is CCC[C@H](NS(=O)C(C)(C)C)[Si](CCc1ccccc1)(c1ccccc1)c1ccccc1. The van der Waals surface area contributed by atoms with E-state index in [0.29, 0.717) is 0 Å². The fourth-order valence-electron chi connectivity index (χ4n) is 4.49. The summed E-state index contributed by atoms with van der Waals surface area (Å²) < 4.78 is 16.7. The molecule has 0 aromatic heterocycles. The minimum absolute atomic E-state index is 0.182. The van der Waals surface area contributed by atoms with Gasteiger partial charge in [-0.15, -0.1) is 0 Å². The topological polar surface area (TPSA) is 29.1 Å². The molecule has 0 spiro atoms. The predicted octanol–water partition coefficient (Wildman–Crippen LogP) is 5.25. The lowest BCUT2D eigenvalue weighted by Gasteiger charge is -2.41. The van der Waals surface area contributed by atoms with Crippen LogP contribution < -0.4 is 15.1 Å². The molecule has 0 radical (unpaired) electrons. The molecule has 170 valence electrons. The summed E-state index contributed by atoms with van der Waals surface area (Å²) in [5.41, 5.74) is 1.55. The summed E-state index contributed by atoms with van der Waals surface area (Å²) in [6.07, 6.45) is 3.08. The van der Waals surface area contributed by atoms with Crippen molar-refractivity contribution in [1.29, 1.82) is 0 Å². The predicted molar refractivity (Wildman–Crippen MR) is 143 cm³/mol. The fourth-order valence-corrected chi connectivity index (χ4v) is 11.4. The number of aryl methyl sites for hydroxylation is 1. The van der Waals surface area contributed by atoms with Crippen LogP contribution in [0.15, 0.2) is 91.0 Å². The molecule has 0 aliphatic carbocycles. The van der Waals surface area contributed by atoms with Crippen LogP contribution in [0.5, 0.6) is 0 Å². The van der Waals surface area contributed by atoms with Gasteiger partial charge in [-0.25, -0.2) is 8.93 Å². The molecule has 32 heavy (non-hydrogen) atoms. The minimum atomic E-state index is -2.33. The molecule has 3 aromatic carbocycles. The van der Waals surface area contributed by atoms with E-state index in [0.717, 1.165) is 25.3 Å². The van der Waals surface area contributed by atoms with Gasteiger partial charge in [0, 0.05) is 5.67 Å². The van der Waals surface area contributed by atoms with E-state index in [1.165, 1.54) is 15.9 Å². The Morgan fingerprint density at radius 1 is 0.812 bits per heavy atom. The lowest BCUT2D eigenvalue weighted by molar-refractivity contribution is 0.613. The van der Waals surface area contributed by atoms with Crippen LogP contribution in [0.3, 0.4) is 0 Å². The highest BCUT2D eigenvalue weighted by atomic mass is 32.2. The second-order valence-electron chi connectivity index (χ2n) is 9.53. The van der Waals surface area contributed by atoms with Gasteiger partial charge in [-0.05, 0) is 45.2 Å². The Balaban J connectivity index is 2.16. The van der Waals surface area contributed by atoms with Crippen LogP contribution in [0.2, 0.25) is 6.04 Å². The molecular formula is C28H37NOSSi. The summed E-state index contributed by atoms with van der Waals surface area (Å²) in [5, 5.41) is 2.83. The van der Waals surface area contributed by atoms with E-state index >= 15 is 0 Å². The zero-order valence-corrected chi connectivity index (χ0v) is 21.7. The smallest absolute Gasteiger partial charge is 0.136 e. The Kier molecular flexibility index (Phi) is 8.63. The van der Waals surface area contributed by atoms with E-state index in [1.54, 1.807) is 0 Å². The largest absolute Gasteiger partial charge is 0.242 e. The van der Waals surface area contributed by atoms with E-state index in [1.807, 2.05) is 0 Å². The van der Waals surface area contributed by atoms with Gasteiger partial charge >= 0.3 is 0 Å². The molecule has 0 saturated heterocycles. The molecule has 0 bridgehead atoms. The first-order valence-electron chi connectivity index (χ1n) is 11.7. The molecule has 2 atom stereocenters. The van der Waals surface area contributed by atoms with Crippen LogP contribution >= 0.6 is 0 Å². The zero-order chi connectivity index (χ0) is 23.0. The van der Waals surface area contributed by atoms with Gasteiger partial charge in [-0.1, -0.05) is 115 Å². The molecule has 1 N–H and O–H groups in total. The van der Waals surface area contributed by atoms with Crippen molar-refractivity contribution in [2.24, 2.45) is 0 Å².